The Labute approximate surface area is 328 Å². The summed E-state index contributed by atoms with van der Waals surface area (Å²) in [5.41, 5.74) is 9.53. The van der Waals surface area contributed by atoms with Crippen molar-refractivity contribution in [2.45, 2.75) is 26.2 Å². The molecule has 0 aliphatic carbocycles. The first-order valence-corrected chi connectivity index (χ1v) is 17.8. The second-order valence-electron chi connectivity index (χ2n) is 14.6. The maximum Gasteiger partial charge on any atom is 0.135 e. The van der Waals surface area contributed by atoms with E-state index in [9.17, 15) is 0 Å². The molecular weight excluding hydrogens is 848 g/mol. The average Bonchev–Trinajstić information content (AvgIpc) is 3.81. The van der Waals surface area contributed by atoms with E-state index in [1.807, 2.05) is 44.2 Å². The van der Waals surface area contributed by atoms with Crippen molar-refractivity contribution < 1.29 is 25.8 Å². The zero-order chi connectivity index (χ0) is 35.8. The van der Waals surface area contributed by atoms with Gasteiger partial charge in [-0.1, -0.05) is 74.8 Å². The summed E-state index contributed by atoms with van der Waals surface area (Å²) in [7, 11) is 2.04. The molecule has 5 aromatic carbocycles. The van der Waals surface area contributed by atoms with E-state index in [1.165, 1.54) is 27.4 Å². The van der Waals surface area contributed by atoms with Crippen LogP contribution in [0.15, 0.2) is 134 Å². The van der Waals surface area contributed by atoms with Crippen molar-refractivity contribution in [3.05, 3.63) is 158 Å². The third-order valence-electron chi connectivity index (χ3n) is 10.2. The molecule has 9 aromatic rings. The third kappa shape index (κ3) is 5.45. The van der Waals surface area contributed by atoms with E-state index in [0.29, 0.717) is 11.6 Å². The van der Waals surface area contributed by atoms with Gasteiger partial charge in [0, 0.05) is 66.4 Å². The van der Waals surface area contributed by atoms with Crippen LogP contribution in [0, 0.1) is 18.8 Å². The van der Waals surface area contributed by atoms with Crippen molar-refractivity contribution in [2.75, 3.05) is 16.8 Å². The number of benzene rings is 5. The standard InChI is InChI=1S/C46H35N6O.Pt/c1-46(2,3)30-21-23-47-44(25-30)52-40-20-17-32(51-38-13-7-5-11-34(38)35-12-6-8-14-39(35)51)26-37(40)36-19-18-33(28-43(36)52)53-45-27-31(22-24-48-45)50-29-49(4)41-15-9-10-16-42(41)50;/h5-26,29H,1-4H3;/q-3;. The number of hydrogen-bond acceptors (Lipinski definition) is 5. The fourth-order valence-corrected chi connectivity index (χ4v) is 7.67. The Balaban J connectivity index is 0.00000384. The average molecular weight is 883 g/mol. The number of ether oxygens (including phenoxy) is 1. The number of para-hydroxylation sites is 4. The maximum atomic E-state index is 6.43. The number of hydrogen-bond donors (Lipinski definition) is 0. The zero-order valence-electron chi connectivity index (χ0n) is 30.2. The quantitative estimate of drug-likeness (QED) is 0.161. The monoisotopic (exact) mass is 882 g/mol. The van der Waals surface area contributed by atoms with Gasteiger partial charge in [-0.15, -0.1) is 17.5 Å². The molecule has 0 spiro atoms. The molecule has 0 N–H and O–H groups in total. The second-order valence-corrected chi connectivity index (χ2v) is 14.6. The molecule has 5 heterocycles. The van der Waals surface area contributed by atoms with Crippen LogP contribution in [0.4, 0.5) is 17.1 Å². The summed E-state index contributed by atoms with van der Waals surface area (Å²) in [5, 5.41) is 4.62. The Morgan fingerprint density at radius 1 is 0.630 bits per heavy atom. The van der Waals surface area contributed by atoms with Crippen LogP contribution >= 0.6 is 0 Å². The zero-order valence-corrected chi connectivity index (χ0v) is 32.5. The van der Waals surface area contributed by atoms with Gasteiger partial charge in [0.05, 0.1) is 11.0 Å². The van der Waals surface area contributed by atoms with E-state index in [1.54, 1.807) is 6.20 Å². The topological polar surface area (TPSA) is 51.4 Å². The van der Waals surface area contributed by atoms with Gasteiger partial charge in [-0.05, 0) is 84.2 Å². The van der Waals surface area contributed by atoms with Crippen molar-refractivity contribution in [2.24, 2.45) is 0 Å². The van der Waals surface area contributed by atoms with Crippen LogP contribution in [0.5, 0.6) is 11.6 Å². The van der Waals surface area contributed by atoms with Crippen molar-refractivity contribution in [3.63, 3.8) is 0 Å². The van der Waals surface area contributed by atoms with Crippen LogP contribution in [0.3, 0.4) is 0 Å². The van der Waals surface area contributed by atoms with E-state index in [-0.39, 0.29) is 26.5 Å². The molecule has 0 saturated heterocycles. The van der Waals surface area contributed by atoms with Crippen LogP contribution in [0.25, 0.3) is 55.1 Å². The van der Waals surface area contributed by atoms with Gasteiger partial charge in [0.2, 0.25) is 0 Å². The number of anilines is 3. The molecule has 0 unspecified atom stereocenters. The van der Waals surface area contributed by atoms with Crippen molar-refractivity contribution in [1.82, 2.24) is 19.1 Å². The molecule has 0 saturated carbocycles. The molecule has 7 nitrogen and oxygen atoms in total. The molecular formula is C46H35N6OPt-3. The van der Waals surface area contributed by atoms with Crippen LogP contribution in [0.1, 0.15) is 26.3 Å². The largest absolute Gasteiger partial charge is 0.504 e. The molecule has 0 radical (unpaired) electrons. The van der Waals surface area contributed by atoms with Gasteiger partial charge in [-0.25, -0.2) is 4.98 Å². The van der Waals surface area contributed by atoms with Gasteiger partial charge >= 0.3 is 0 Å². The van der Waals surface area contributed by atoms with Gasteiger partial charge < -0.3 is 23.7 Å². The number of rotatable bonds is 5. The molecule has 1 aliphatic heterocycles. The van der Waals surface area contributed by atoms with Gasteiger partial charge in [0.15, 0.2) is 0 Å². The Morgan fingerprint density at radius 2 is 1.31 bits per heavy atom. The SMILES string of the molecule is CN1[CH-]N(c2[c-]c(Oc3[c-]c4c(cc3)c3cc(-n5c6ccccc6c6ccccc65)ccc3n4-c3cc(C(C)(C)C)ccn3)ncc2)c2ccccc21.[Pt]. The molecule has 0 bridgehead atoms. The number of nitrogens with zero attached hydrogens (tertiary/aromatic N) is 6. The number of pyridine rings is 2. The van der Waals surface area contributed by atoms with Crippen LogP contribution < -0.4 is 14.5 Å². The van der Waals surface area contributed by atoms with E-state index < -0.39 is 0 Å². The minimum absolute atomic E-state index is 0. The first-order valence-electron chi connectivity index (χ1n) is 17.8. The first-order chi connectivity index (χ1) is 25.8. The summed E-state index contributed by atoms with van der Waals surface area (Å²) in [5.74, 6) is 1.73. The predicted octanol–water partition coefficient (Wildman–Crippen LogP) is 11.1. The van der Waals surface area contributed by atoms with Gasteiger partial charge in [-0.2, -0.15) is 30.6 Å². The van der Waals surface area contributed by atoms with E-state index in [0.717, 1.165) is 50.4 Å². The van der Waals surface area contributed by atoms with Crippen molar-refractivity contribution in [3.8, 4) is 23.1 Å². The molecule has 10 rings (SSSR count). The van der Waals surface area contributed by atoms with Crippen molar-refractivity contribution >= 4 is 60.7 Å². The molecule has 4 aromatic heterocycles. The Morgan fingerprint density at radius 3 is 2.07 bits per heavy atom. The van der Waals surface area contributed by atoms with Crippen molar-refractivity contribution in [1.29, 1.82) is 0 Å². The minimum Gasteiger partial charge on any atom is -0.504 e. The third-order valence-corrected chi connectivity index (χ3v) is 10.2. The van der Waals surface area contributed by atoms with Crippen LogP contribution in [-0.4, -0.2) is 26.1 Å². The molecule has 8 heteroatoms. The summed E-state index contributed by atoms with van der Waals surface area (Å²) < 4.78 is 11.0. The predicted molar refractivity (Wildman–Crippen MR) is 215 cm³/mol. The molecule has 268 valence electrons. The van der Waals surface area contributed by atoms with Crippen LogP contribution in [0.2, 0.25) is 0 Å². The Kier molecular flexibility index (Phi) is 8.09. The smallest absolute Gasteiger partial charge is 0.135 e. The van der Waals surface area contributed by atoms with E-state index >= 15 is 0 Å². The summed E-state index contributed by atoms with van der Waals surface area (Å²) >= 11 is 0. The fourth-order valence-electron chi connectivity index (χ4n) is 7.67. The Bertz CT molecular complexity index is 2830. The number of fused-ring (bicyclic) bond motifs is 7. The summed E-state index contributed by atoms with van der Waals surface area (Å²) in [4.78, 5) is 13.6. The normalized spacial score (nSPS) is 12.9. The second kappa shape index (κ2) is 12.9. The molecule has 0 fully saturated rings. The number of aromatic nitrogens is 4. The molecule has 0 atom stereocenters. The minimum atomic E-state index is -0.0489. The molecule has 54 heavy (non-hydrogen) atoms. The molecule has 1 aliphatic rings. The Hall–Kier alpha value is -5.91. The summed E-state index contributed by atoms with van der Waals surface area (Å²) in [6.45, 7) is 8.72. The van der Waals surface area contributed by atoms with Gasteiger partial charge in [0.25, 0.3) is 0 Å². The summed E-state index contributed by atoms with van der Waals surface area (Å²) in [6.07, 6.45) is 3.65. The summed E-state index contributed by atoms with van der Waals surface area (Å²) in [6, 6.07) is 49.5. The molecule has 0 amide bonds. The van der Waals surface area contributed by atoms with Gasteiger partial charge in [0.1, 0.15) is 11.7 Å². The van der Waals surface area contributed by atoms with E-state index in [4.69, 9.17) is 9.72 Å². The maximum absolute atomic E-state index is 6.43. The first kappa shape index (κ1) is 33.9. The van der Waals surface area contributed by atoms with E-state index in [2.05, 4.69) is 154 Å². The van der Waals surface area contributed by atoms with Gasteiger partial charge in [-0.3, -0.25) is 4.98 Å². The fraction of sp³-hybridized carbons (Fsp3) is 0.109. The van der Waals surface area contributed by atoms with Crippen LogP contribution in [-0.2, 0) is 26.5 Å².